The molecule has 0 bridgehead atoms. The standard InChI is InChI=1S/C13H16O3/c1-2-9-3-5-10(6-4-9)11(14)13(7-8-13)12(15)16/h3-6,11,14H,2,7-8H2,1H3,(H,15,16). The Morgan fingerprint density at radius 1 is 1.38 bits per heavy atom. The van der Waals surface area contributed by atoms with Gasteiger partial charge in [-0.2, -0.15) is 0 Å². The van der Waals surface area contributed by atoms with Crippen molar-refractivity contribution in [2.45, 2.75) is 32.3 Å². The highest BCUT2D eigenvalue weighted by Gasteiger charge is 2.56. The molecule has 1 saturated carbocycles. The largest absolute Gasteiger partial charge is 0.481 e. The predicted molar refractivity (Wildman–Crippen MR) is 60.1 cm³/mol. The molecule has 1 atom stereocenters. The Kier molecular flexibility index (Phi) is 2.72. The number of carboxylic acids is 1. The molecule has 16 heavy (non-hydrogen) atoms. The van der Waals surface area contributed by atoms with E-state index in [-0.39, 0.29) is 0 Å². The molecule has 2 N–H and O–H groups in total. The summed E-state index contributed by atoms with van der Waals surface area (Å²) < 4.78 is 0. The van der Waals surface area contributed by atoms with Crippen molar-refractivity contribution in [2.24, 2.45) is 5.41 Å². The minimum atomic E-state index is -0.923. The molecule has 1 aliphatic carbocycles. The number of hydrogen-bond acceptors (Lipinski definition) is 2. The third kappa shape index (κ3) is 1.71. The van der Waals surface area contributed by atoms with Crippen LogP contribution in [-0.4, -0.2) is 16.2 Å². The molecule has 1 aromatic rings. The summed E-state index contributed by atoms with van der Waals surface area (Å²) >= 11 is 0. The van der Waals surface area contributed by atoms with Crippen molar-refractivity contribution in [3.05, 3.63) is 35.4 Å². The van der Waals surface area contributed by atoms with Gasteiger partial charge in [-0.15, -0.1) is 0 Å². The molecule has 0 radical (unpaired) electrons. The maximum atomic E-state index is 11.1. The molecule has 0 aromatic heterocycles. The molecule has 1 unspecified atom stereocenters. The van der Waals surface area contributed by atoms with E-state index in [1.54, 1.807) is 0 Å². The molecule has 0 aliphatic heterocycles. The van der Waals surface area contributed by atoms with Crippen LogP contribution in [0.3, 0.4) is 0 Å². The summed E-state index contributed by atoms with van der Waals surface area (Å²) in [4.78, 5) is 11.1. The van der Waals surface area contributed by atoms with Crippen LogP contribution in [0, 0.1) is 5.41 Å². The van der Waals surface area contributed by atoms with Crippen LogP contribution in [0.2, 0.25) is 0 Å². The van der Waals surface area contributed by atoms with E-state index in [4.69, 9.17) is 5.11 Å². The number of aliphatic hydroxyl groups excluding tert-OH is 1. The highest BCUT2D eigenvalue weighted by Crippen LogP contribution is 2.55. The van der Waals surface area contributed by atoms with Crippen LogP contribution in [0.5, 0.6) is 0 Å². The summed E-state index contributed by atoms with van der Waals surface area (Å²) in [6, 6.07) is 7.53. The average molecular weight is 220 g/mol. The van der Waals surface area contributed by atoms with Crippen LogP contribution >= 0.6 is 0 Å². The van der Waals surface area contributed by atoms with Gasteiger partial charge in [0, 0.05) is 0 Å². The first-order valence-electron chi connectivity index (χ1n) is 5.60. The minimum absolute atomic E-state index is 0.568. The Morgan fingerprint density at radius 2 is 1.94 bits per heavy atom. The summed E-state index contributed by atoms with van der Waals surface area (Å²) in [5.74, 6) is -0.889. The highest BCUT2D eigenvalue weighted by atomic mass is 16.4. The van der Waals surface area contributed by atoms with Crippen molar-refractivity contribution in [3.63, 3.8) is 0 Å². The Bertz CT molecular complexity index is 390. The van der Waals surface area contributed by atoms with Crippen molar-refractivity contribution < 1.29 is 15.0 Å². The number of carbonyl (C=O) groups is 1. The quantitative estimate of drug-likeness (QED) is 0.817. The second kappa shape index (κ2) is 3.91. The lowest BCUT2D eigenvalue weighted by Crippen LogP contribution is -2.23. The van der Waals surface area contributed by atoms with Gasteiger partial charge in [0.15, 0.2) is 0 Å². The van der Waals surface area contributed by atoms with Crippen LogP contribution < -0.4 is 0 Å². The number of carboxylic acid groups (broad SMARTS) is 1. The zero-order valence-electron chi connectivity index (χ0n) is 9.31. The van der Waals surface area contributed by atoms with E-state index in [9.17, 15) is 9.90 Å². The number of aryl methyl sites for hydroxylation is 1. The van der Waals surface area contributed by atoms with Gasteiger partial charge in [0.25, 0.3) is 0 Å². The van der Waals surface area contributed by atoms with Crippen molar-refractivity contribution >= 4 is 5.97 Å². The summed E-state index contributed by atoms with van der Waals surface area (Å²) in [5, 5.41) is 19.1. The normalized spacial score (nSPS) is 19.1. The molecule has 3 heteroatoms. The monoisotopic (exact) mass is 220 g/mol. The van der Waals surface area contributed by atoms with E-state index in [0.717, 1.165) is 6.42 Å². The molecule has 1 fully saturated rings. The van der Waals surface area contributed by atoms with Gasteiger partial charge >= 0.3 is 5.97 Å². The number of hydrogen-bond donors (Lipinski definition) is 2. The fourth-order valence-corrected chi connectivity index (χ4v) is 1.99. The van der Waals surface area contributed by atoms with Crippen molar-refractivity contribution in [3.8, 4) is 0 Å². The first-order valence-corrected chi connectivity index (χ1v) is 5.60. The first kappa shape index (κ1) is 11.1. The topological polar surface area (TPSA) is 57.5 Å². The van der Waals surface area contributed by atoms with Crippen LogP contribution in [0.25, 0.3) is 0 Å². The van der Waals surface area contributed by atoms with Gasteiger partial charge in [0.05, 0.1) is 11.5 Å². The van der Waals surface area contributed by atoms with Gasteiger partial charge in [-0.1, -0.05) is 31.2 Å². The Labute approximate surface area is 94.7 Å². The SMILES string of the molecule is CCc1ccc(C(O)C2(C(=O)O)CC2)cc1. The zero-order chi connectivity index (χ0) is 11.8. The number of rotatable bonds is 4. The third-order valence-corrected chi connectivity index (χ3v) is 3.44. The lowest BCUT2D eigenvalue weighted by molar-refractivity contribution is -0.148. The van der Waals surface area contributed by atoms with E-state index in [2.05, 4.69) is 6.92 Å². The Morgan fingerprint density at radius 3 is 2.31 bits per heavy atom. The molecule has 1 aromatic carbocycles. The number of aliphatic hydroxyl groups is 1. The minimum Gasteiger partial charge on any atom is -0.481 e. The van der Waals surface area contributed by atoms with Crippen LogP contribution in [0.4, 0.5) is 0 Å². The molecule has 0 saturated heterocycles. The molecule has 86 valence electrons. The summed E-state index contributed by atoms with van der Waals surface area (Å²) in [5.41, 5.74) is 0.974. The van der Waals surface area contributed by atoms with Gasteiger partial charge in [-0.05, 0) is 30.4 Å². The van der Waals surface area contributed by atoms with E-state index in [1.165, 1.54) is 5.56 Å². The van der Waals surface area contributed by atoms with Crippen LogP contribution in [0.1, 0.15) is 37.0 Å². The summed E-state index contributed by atoms with van der Waals surface area (Å²) in [6.45, 7) is 2.06. The van der Waals surface area contributed by atoms with Gasteiger partial charge in [0.2, 0.25) is 0 Å². The van der Waals surface area contributed by atoms with E-state index < -0.39 is 17.5 Å². The molecular formula is C13H16O3. The van der Waals surface area contributed by atoms with Crippen LogP contribution in [-0.2, 0) is 11.2 Å². The third-order valence-electron chi connectivity index (χ3n) is 3.44. The average Bonchev–Trinajstić information content (AvgIpc) is 3.09. The van der Waals surface area contributed by atoms with Gasteiger partial charge in [0.1, 0.15) is 0 Å². The molecule has 0 heterocycles. The lowest BCUT2D eigenvalue weighted by atomic mass is 9.92. The maximum absolute atomic E-state index is 11.1. The van der Waals surface area contributed by atoms with Gasteiger partial charge in [-0.25, -0.2) is 0 Å². The second-order valence-corrected chi connectivity index (χ2v) is 4.46. The smallest absolute Gasteiger partial charge is 0.312 e. The van der Waals surface area contributed by atoms with E-state index in [0.29, 0.717) is 18.4 Å². The van der Waals surface area contributed by atoms with Crippen molar-refractivity contribution in [2.75, 3.05) is 0 Å². The number of benzene rings is 1. The Balaban J connectivity index is 2.21. The molecule has 1 aliphatic rings. The molecule has 0 amide bonds. The maximum Gasteiger partial charge on any atom is 0.312 e. The molecule has 3 nitrogen and oxygen atoms in total. The molecule has 2 rings (SSSR count). The predicted octanol–water partition coefficient (Wildman–Crippen LogP) is 2.15. The van der Waals surface area contributed by atoms with E-state index in [1.807, 2.05) is 24.3 Å². The summed E-state index contributed by atoms with van der Waals surface area (Å²) in [6.07, 6.45) is 1.20. The Hall–Kier alpha value is -1.35. The van der Waals surface area contributed by atoms with Gasteiger partial charge in [-0.3, -0.25) is 4.79 Å². The van der Waals surface area contributed by atoms with Crippen LogP contribution in [0.15, 0.2) is 24.3 Å². The lowest BCUT2D eigenvalue weighted by Gasteiger charge is -2.18. The number of aliphatic carboxylic acids is 1. The highest BCUT2D eigenvalue weighted by molar-refractivity contribution is 5.79. The fraction of sp³-hybridized carbons (Fsp3) is 0.462. The molecule has 0 spiro atoms. The first-order chi connectivity index (χ1) is 7.60. The van der Waals surface area contributed by atoms with Gasteiger partial charge < -0.3 is 10.2 Å². The fourth-order valence-electron chi connectivity index (χ4n) is 1.99. The zero-order valence-corrected chi connectivity index (χ0v) is 9.31. The molecular weight excluding hydrogens is 204 g/mol. The second-order valence-electron chi connectivity index (χ2n) is 4.46. The van der Waals surface area contributed by atoms with E-state index >= 15 is 0 Å². The van der Waals surface area contributed by atoms with Crippen molar-refractivity contribution in [1.82, 2.24) is 0 Å². The van der Waals surface area contributed by atoms with Crippen molar-refractivity contribution in [1.29, 1.82) is 0 Å². The summed E-state index contributed by atoms with van der Waals surface area (Å²) in [7, 11) is 0.